The SMILES string of the molecule is CNC1CC(Oc2ccc(F)cc2)C1OCCOC. The Morgan fingerprint density at radius 3 is 2.63 bits per heavy atom. The molecule has 1 aromatic rings. The minimum Gasteiger partial charge on any atom is -0.488 e. The van der Waals surface area contributed by atoms with E-state index < -0.39 is 0 Å². The van der Waals surface area contributed by atoms with Crippen LogP contribution in [-0.4, -0.2) is 45.6 Å². The second kappa shape index (κ2) is 6.84. The zero-order valence-electron chi connectivity index (χ0n) is 11.3. The van der Waals surface area contributed by atoms with Crippen LogP contribution in [0.5, 0.6) is 5.75 Å². The average Bonchev–Trinajstić information content (AvgIpc) is 2.41. The highest BCUT2D eigenvalue weighted by Gasteiger charge is 2.43. The van der Waals surface area contributed by atoms with Gasteiger partial charge in [-0.25, -0.2) is 4.39 Å². The summed E-state index contributed by atoms with van der Waals surface area (Å²) >= 11 is 0. The third-order valence-electron chi connectivity index (χ3n) is 3.32. The Kier molecular flexibility index (Phi) is 5.13. The lowest BCUT2D eigenvalue weighted by Gasteiger charge is -2.43. The molecule has 1 N–H and O–H groups in total. The molecule has 0 heterocycles. The topological polar surface area (TPSA) is 39.7 Å². The van der Waals surface area contributed by atoms with Gasteiger partial charge in [-0.2, -0.15) is 0 Å². The second-order valence-corrected chi connectivity index (χ2v) is 4.57. The summed E-state index contributed by atoms with van der Waals surface area (Å²) in [5.41, 5.74) is 0. The van der Waals surface area contributed by atoms with Crippen molar-refractivity contribution in [3.63, 3.8) is 0 Å². The van der Waals surface area contributed by atoms with Gasteiger partial charge in [-0.1, -0.05) is 0 Å². The standard InChI is InChI=1S/C14H20FNO3/c1-16-12-9-13(14(12)18-8-7-17-2)19-11-5-3-10(15)4-6-11/h3-6,12-14,16H,7-9H2,1-2H3. The molecule has 0 radical (unpaired) electrons. The number of hydrogen-bond donors (Lipinski definition) is 1. The number of halogens is 1. The van der Waals surface area contributed by atoms with Crippen LogP contribution < -0.4 is 10.1 Å². The summed E-state index contributed by atoms with van der Waals surface area (Å²) in [6.07, 6.45) is 0.885. The molecule has 1 aromatic carbocycles. The Bertz CT molecular complexity index is 385. The lowest BCUT2D eigenvalue weighted by atomic mass is 9.85. The van der Waals surface area contributed by atoms with E-state index in [-0.39, 0.29) is 18.0 Å². The molecular weight excluding hydrogens is 249 g/mol. The van der Waals surface area contributed by atoms with Gasteiger partial charge in [0.25, 0.3) is 0 Å². The first-order valence-corrected chi connectivity index (χ1v) is 6.44. The van der Waals surface area contributed by atoms with E-state index in [1.54, 1.807) is 19.2 Å². The number of rotatable bonds is 7. The quantitative estimate of drug-likeness (QED) is 0.763. The molecule has 0 aliphatic heterocycles. The molecule has 3 unspecified atom stereocenters. The van der Waals surface area contributed by atoms with Crippen molar-refractivity contribution in [3.05, 3.63) is 30.1 Å². The molecule has 0 amide bonds. The van der Waals surface area contributed by atoms with Gasteiger partial charge in [0.2, 0.25) is 0 Å². The van der Waals surface area contributed by atoms with Gasteiger partial charge < -0.3 is 19.5 Å². The van der Waals surface area contributed by atoms with Gasteiger partial charge >= 0.3 is 0 Å². The first-order chi connectivity index (χ1) is 9.24. The summed E-state index contributed by atoms with van der Waals surface area (Å²) < 4.78 is 29.3. The van der Waals surface area contributed by atoms with E-state index in [0.29, 0.717) is 25.0 Å². The monoisotopic (exact) mass is 269 g/mol. The fraction of sp³-hybridized carbons (Fsp3) is 0.571. The first kappa shape index (κ1) is 14.2. The molecule has 19 heavy (non-hydrogen) atoms. The van der Waals surface area contributed by atoms with Crippen LogP contribution in [0.2, 0.25) is 0 Å². The third-order valence-corrected chi connectivity index (χ3v) is 3.32. The summed E-state index contributed by atoms with van der Waals surface area (Å²) in [7, 11) is 3.55. The normalized spacial score (nSPS) is 25.9. The van der Waals surface area contributed by atoms with Crippen LogP contribution in [0.4, 0.5) is 4.39 Å². The number of methoxy groups -OCH3 is 1. The molecule has 0 spiro atoms. The molecule has 0 aromatic heterocycles. The van der Waals surface area contributed by atoms with E-state index in [1.165, 1.54) is 12.1 Å². The second-order valence-electron chi connectivity index (χ2n) is 4.57. The zero-order chi connectivity index (χ0) is 13.7. The molecule has 2 rings (SSSR count). The van der Waals surface area contributed by atoms with Gasteiger partial charge in [-0.3, -0.25) is 0 Å². The first-order valence-electron chi connectivity index (χ1n) is 6.44. The van der Waals surface area contributed by atoms with E-state index in [0.717, 1.165) is 6.42 Å². The van der Waals surface area contributed by atoms with Crippen LogP contribution in [0, 0.1) is 5.82 Å². The van der Waals surface area contributed by atoms with Crippen molar-refractivity contribution in [1.82, 2.24) is 5.32 Å². The fourth-order valence-corrected chi connectivity index (χ4v) is 2.16. The Balaban J connectivity index is 1.86. The molecule has 0 bridgehead atoms. The van der Waals surface area contributed by atoms with Crippen LogP contribution in [0.15, 0.2) is 24.3 Å². The zero-order valence-corrected chi connectivity index (χ0v) is 11.3. The van der Waals surface area contributed by atoms with Crippen LogP contribution in [0.25, 0.3) is 0 Å². The Labute approximate surface area is 112 Å². The van der Waals surface area contributed by atoms with Crippen molar-refractivity contribution >= 4 is 0 Å². The maximum Gasteiger partial charge on any atom is 0.128 e. The molecule has 0 saturated heterocycles. The van der Waals surface area contributed by atoms with Crippen molar-refractivity contribution in [2.45, 2.75) is 24.7 Å². The highest BCUT2D eigenvalue weighted by Crippen LogP contribution is 2.29. The van der Waals surface area contributed by atoms with Crippen LogP contribution >= 0.6 is 0 Å². The van der Waals surface area contributed by atoms with Gasteiger partial charge in [0, 0.05) is 19.6 Å². The van der Waals surface area contributed by atoms with Gasteiger partial charge in [0.05, 0.1) is 13.2 Å². The summed E-state index contributed by atoms with van der Waals surface area (Å²) in [4.78, 5) is 0. The molecular formula is C14H20FNO3. The molecule has 4 nitrogen and oxygen atoms in total. The van der Waals surface area contributed by atoms with Crippen molar-refractivity contribution in [2.24, 2.45) is 0 Å². The van der Waals surface area contributed by atoms with Crippen LogP contribution in [0.3, 0.4) is 0 Å². The Morgan fingerprint density at radius 2 is 2.00 bits per heavy atom. The number of likely N-dealkylation sites (N-methyl/N-ethyl adjacent to an activating group) is 1. The third kappa shape index (κ3) is 3.65. The van der Waals surface area contributed by atoms with Crippen molar-refractivity contribution in [3.8, 4) is 5.75 Å². The van der Waals surface area contributed by atoms with Gasteiger partial charge in [0.1, 0.15) is 23.8 Å². The highest BCUT2D eigenvalue weighted by atomic mass is 19.1. The summed E-state index contributed by atoms with van der Waals surface area (Å²) in [5, 5.41) is 3.20. The number of ether oxygens (including phenoxy) is 3. The maximum atomic E-state index is 12.8. The van der Waals surface area contributed by atoms with Gasteiger partial charge in [-0.15, -0.1) is 0 Å². The van der Waals surface area contributed by atoms with E-state index in [1.807, 2.05) is 7.05 Å². The summed E-state index contributed by atoms with van der Waals surface area (Å²) in [5.74, 6) is 0.406. The molecule has 1 fully saturated rings. The number of benzene rings is 1. The average molecular weight is 269 g/mol. The van der Waals surface area contributed by atoms with Gasteiger partial charge in [-0.05, 0) is 31.3 Å². The highest BCUT2D eigenvalue weighted by molar-refractivity contribution is 5.23. The molecule has 1 aliphatic carbocycles. The van der Waals surface area contributed by atoms with E-state index in [4.69, 9.17) is 14.2 Å². The lowest BCUT2D eigenvalue weighted by Crippen LogP contribution is -2.60. The molecule has 106 valence electrons. The Morgan fingerprint density at radius 1 is 1.26 bits per heavy atom. The minimum absolute atomic E-state index is 0.000215. The fourth-order valence-electron chi connectivity index (χ4n) is 2.16. The van der Waals surface area contributed by atoms with E-state index in [9.17, 15) is 4.39 Å². The van der Waals surface area contributed by atoms with E-state index in [2.05, 4.69) is 5.32 Å². The molecule has 1 saturated carbocycles. The largest absolute Gasteiger partial charge is 0.488 e. The maximum absolute atomic E-state index is 12.8. The van der Waals surface area contributed by atoms with Crippen molar-refractivity contribution < 1.29 is 18.6 Å². The summed E-state index contributed by atoms with van der Waals surface area (Å²) in [6, 6.07) is 6.35. The number of hydrogen-bond acceptors (Lipinski definition) is 4. The molecule has 5 heteroatoms. The molecule has 1 aliphatic rings. The summed E-state index contributed by atoms with van der Waals surface area (Å²) in [6.45, 7) is 1.11. The van der Waals surface area contributed by atoms with E-state index >= 15 is 0 Å². The smallest absolute Gasteiger partial charge is 0.128 e. The van der Waals surface area contributed by atoms with Crippen molar-refractivity contribution in [1.29, 1.82) is 0 Å². The predicted octanol–water partition coefficient (Wildman–Crippen LogP) is 1.60. The minimum atomic E-state index is -0.262. The van der Waals surface area contributed by atoms with Crippen molar-refractivity contribution in [2.75, 3.05) is 27.4 Å². The number of nitrogens with one attached hydrogen (secondary N) is 1. The van der Waals surface area contributed by atoms with Gasteiger partial charge in [0.15, 0.2) is 0 Å². The van der Waals surface area contributed by atoms with Crippen LogP contribution in [0.1, 0.15) is 6.42 Å². The predicted molar refractivity (Wildman–Crippen MR) is 69.9 cm³/mol. The lowest BCUT2D eigenvalue weighted by molar-refractivity contribution is -0.114. The van der Waals surface area contributed by atoms with Crippen LogP contribution in [-0.2, 0) is 9.47 Å². The Hall–Kier alpha value is -1.17. The molecule has 3 atom stereocenters.